The van der Waals surface area contributed by atoms with Crippen molar-refractivity contribution in [3.05, 3.63) is 30.3 Å². The van der Waals surface area contributed by atoms with E-state index in [0.717, 1.165) is 19.4 Å². The Labute approximate surface area is 119 Å². The van der Waals surface area contributed by atoms with Gasteiger partial charge in [-0.05, 0) is 0 Å². The molecule has 0 aliphatic carbocycles. The maximum atomic E-state index is 6.15. The molecule has 0 saturated carbocycles. The second-order valence-electron chi connectivity index (χ2n) is 4.80. The van der Waals surface area contributed by atoms with Gasteiger partial charge < -0.3 is 0 Å². The van der Waals surface area contributed by atoms with Crippen LogP contribution in [0.3, 0.4) is 0 Å². The van der Waals surface area contributed by atoms with Gasteiger partial charge in [0, 0.05) is 0 Å². The van der Waals surface area contributed by atoms with Crippen molar-refractivity contribution in [1.29, 1.82) is 0 Å². The number of benzene rings is 1. The van der Waals surface area contributed by atoms with Crippen LogP contribution in [0.2, 0.25) is 0 Å². The molecule has 0 bridgehead atoms. The van der Waals surface area contributed by atoms with Gasteiger partial charge in [-0.25, -0.2) is 0 Å². The van der Waals surface area contributed by atoms with E-state index in [9.17, 15) is 0 Å². The van der Waals surface area contributed by atoms with Crippen LogP contribution in [-0.2, 0) is 9.05 Å². The Morgan fingerprint density at radius 3 is 2.00 bits per heavy atom. The first-order valence-corrected chi connectivity index (χ1v) is 9.64. The molecule has 0 aliphatic rings. The Kier molecular flexibility index (Phi) is 8.29. The van der Waals surface area contributed by atoms with Crippen molar-refractivity contribution in [1.82, 2.24) is 0 Å². The zero-order chi connectivity index (χ0) is 14.0. The fourth-order valence-electron chi connectivity index (χ4n) is 2.44. The average molecular weight is 284 g/mol. The first kappa shape index (κ1) is 16.6. The molecule has 3 heteroatoms. The second-order valence-corrected chi connectivity index (χ2v) is 7.96. The molecule has 0 heterocycles. The molecule has 0 amide bonds. The summed E-state index contributed by atoms with van der Waals surface area (Å²) in [4.78, 5) is 0. The van der Waals surface area contributed by atoms with Crippen LogP contribution in [-0.4, -0.2) is 19.4 Å². The van der Waals surface area contributed by atoms with Gasteiger partial charge in [0.1, 0.15) is 0 Å². The predicted molar refractivity (Wildman–Crippen MR) is 86.7 cm³/mol. The number of hydrogen-bond acceptors (Lipinski definition) is 2. The van der Waals surface area contributed by atoms with Gasteiger partial charge in [0.05, 0.1) is 0 Å². The van der Waals surface area contributed by atoms with Crippen LogP contribution in [0, 0.1) is 0 Å². The Balaban J connectivity index is 2.81. The minimum atomic E-state index is -2.22. The van der Waals surface area contributed by atoms with Crippen LogP contribution in [0.5, 0.6) is 0 Å². The summed E-state index contributed by atoms with van der Waals surface area (Å²) in [5, 5.41) is 1.27. The summed E-state index contributed by atoms with van der Waals surface area (Å²) >= 11 is 0. The molecule has 1 rings (SSSR count). The summed E-state index contributed by atoms with van der Waals surface area (Å²) in [5.41, 5.74) is 0. The Morgan fingerprint density at radius 1 is 0.842 bits per heavy atom. The van der Waals surface area contributed by atoms with Crippen molar-refractivity contribution in [2.45, 2.75) is 46.5 Å². The third-order valence-corrected chi connectivity index (χ3v) is 7.06. The summed E-state index contributed by atoms with van der Waals surface area (Å²) in [6, 6.07) is 10.6. The zero-order valence-corrected chi connectivity index (χ0v) is 13.7. The summed E-state index contributed by atoms with van der Waals surface area (Å²) in [6.45, 7) is 7.84. The first-order chi connectivity index (χ1) is 9.29. The van der Waals surface area contributed by atoms with Gasteiger partial charge in [0.15, 0.2) is 0 Å². The molecule has 0 atom stereocenters. The molecule has 1 aromatic rings. The van der Waals surface area contributed by atoms with Crippen LogP contribution in [0.15, 0.2) is 30.3 Å². The normalized spacial score (nSPS) is 12.6. The van der Waals surface area contributed by atoms with Crippen molar-refractivity contribution in [3.63, 3.8) is 0 Å². The van der Waals surface area contributed by atoms with Gasteiger partial charge in [-0.3, -0.25) is 0 Å². The summed E-state index contributed by atoms with van der Waals surface area (Å²) in [5.74, 6) is 0. The van der Waals surface area contributed by atoms with E-state index in [1.54, 1.807) is 0 Å². The van der Waals surface area contributed by atoms with E-state index in [2.05, 4.69) is 51.1 Å². The molecule has 0 spiro atoms. The first-order valence-electron chi connectivity index (χ1n) is 7.62. The third-order valence-electron chi connectivity index (χ3n) is 3.33. The molecule has 0 fully saturated rings. The van der Waals surface area contributed by atoms with E-state index in [4.69, 9.17) is 9.05 Å². The molecule has 0 unspecified atom stereocenters. The van der Waals surface area contributed by atoms with Crippen LogP contribution in [0.4, 0.5) is 0 Å². The fourth-order valence-corrected chi connectivity index (χ4v) is 5.78. The number of hydrogen-bond donors (Lipinski definition) is 0. The van der Waals surface area contributed by atoms with E-state index in [1.165, 1.54) is 31.0 Å². The van der Waals surface area contributed by atoms with Gasteiger partial charge >= 0.3 is 118 Å². The summed E-state index contributed by atoms with van der Waals surface area (Å²) < 4.78 is 12.3. The van der Waals surface area contributed by atoms with E-state index < -0.39 is 7.72 Å². The van der Waals surface area contributed by atoms with E-state index in [1.807, 2.05) is 0 Å². The number of unbranched alkanes of at least 4 members (excludes halogenated alkanes) is 3. The van der Waals surface area contributed by atoms with E-state index in [-0.39, 0.29) is 0 Å². The van der Waals surface area contributed by atoms with Gasteiger partial charge in [-0.15, -0.1) is 0 Å². The van der Waals surface area contributed by atoms with Crippen molar-refractivity contribution in [2.24, 2.45) is 0 Å². The Bertz CT molecular complexity index is 321. The standard InChI is InChI=1S/C16H29O2P/c1-4-7-8-12-15-19(17-5-2,18-6-3)16-13-10-9-11-14-16/h9-11,13-14,19H,4-8,12,15H2,1-3H3. The molecule has 0 N–H and O–H groups in total. The summed E-state index contributed by atoms with van der Waals surface area (Å²) in [6.07, 6.45) is 6.12. The van der Waals surface area contributed by atoms with E-state index >= 15 is 0 Å². The van der Waals surface area contributed by atoms with Gasteiger partial charge in [0.25, 0.3) is 0 Å². The molecule has 110 valence electrons. The molecule has 0 aliphatic heterocycles. The quantitative estimate of drug-likeness (QED) is 0.464. The van der Waals surface area contributed by atoms with Crippen LogP contribution in [0.1, 0.15) is 46.5 Å². The summed E-state index contributed by atoms with van der Waals surface area (Å²) in [7, 11) is -2.22. The average Bonchev–Trinajstić information content (AvgIpc) is 2.45. The van der Waals surface area contributed by atoms with Gasteiger partial charge in [-0.1, -0.05) is 0 Å². The molecule has 0 saturated heterocycles. The monoisotopic (exact) mass is 284 g/mol. The van der Waals surface area contributed by atoms with Crippen molar-refractivity contribution in [2.75, 3.05) is 19.4 Å². The van der Waals surface area contributed by atoms with E-state index in [0.29, 0.717) is 0 Å². The van der Waals surface area contributed by atoms with Crippen molar-refractivity contribution >= 4 is 13.0 Å². The van der Waals surface area contributed by atoms with Crippen LogP contribution < -0.4 is 5.30 Å². The number of rotatable bonds is 10. The predicted octanol–water partition coefficient (Wildman–Crippen LogP) is 4.55. The molecular formula is C16H29O2P. The molecule has 19 heavy (non-hydrogen) atoms. The molecule has 1 aromatic carbocycles. The second kappa shape index (κ2) is 9.47. The Morgan fingerprint density at radius 2 is 1.47 bits per heavy atom. The van der Waals surface area contributed by atoms with Crippen LogP contribution in [0.25, 0.3) is 0 Å². The SMILES string of the molecule is CCCCCC[PH](OCC)(OCC)c1ccccc1. The molecule has 0 radical (unpaired) electrons. The minimum absolute atomic E-state index is 0.731. The van der Waals surface area contributed by atoms with Gasteiger partial charge in [0.2, 0.25) is 0 Å². The zero-order valence-electron chi connectivity index (χ0n) is 12.7. The maximum absolute atomic E-state index is 6.15. The van der Waals surface area contributed by atoms with Gasteiger partial charge in [-0.2, -0.15) is 0 Å². The molecule has 0 aromatic heterocycles. The third kappa shape index (κ3) is 5.22. The fraction of sp³-hybridized carbons (Fsp3) is 0.625. The molecule has 2 nitrogen and oxygen atoms in total. The topological polar surface area (TPSA) is 18.5 Å². The van der Waals surface area contributed by atoms with Crippen molar-refractivity contribution in [3.8, 4) is 0 Å². The Hall–Kier alpha value is -0.430. The van der Waals surface area contributed by atoms with Crippen molar-refractivity contribution < 1.29 is 9.05 Å². The molecular weight excluding hydrogens is 255 g/mol. The van der Waals surface area contributed by atoms with Crippen LogP contribution >= 0.6 is 7.72 Å².